The summed E-state index contributed by atoms with van der Waals surface area (Å²) in [4.78, 5) is 4.26. The minimum Gasteiger partial charge on any atom is -0.363 e. The number of aryl methyl sites for hydroxylation is 1. The second kappa shape index (κ2) is 4.39. The van der Waals surface area contributed by atoms with E-state index in [9.17, 15) is 0 Å². The fourth-order valence-corrected chi connectivity index (χ4v) is 2.05. The lowest BCUT2D eigenvalue weighted by atomic mass is 10.4. The number of nitrogens with one attached hydrogen (secondary N) is 1. The van der Waals surface area contributed by atoms with Crippen LogP contribution in [0.3, 0.4) is 0 Å². The van der Waals surface area contributed by atoms with Crippen molar-refractivity contribution in [3.8, 4) is 0 Å². The predicted octanol–water partition coefficient (Wildman–Crippen LogP) is 1.39. The number of imidazole rings is 1. The van der Waals surface area contributed by atoms with Gasteiger partial charge in [-0.3, -0.25) is 0 Å². The molecule has 0 bridgehead atoms. The van der Waals surface area contributed by atoms with E-state index in [2.05, 4.69) is 32.0 Å². The molecule has 2 heterocycles. The lowest BCUT2D eigenvalue weighted by Crippen LogP contribution is -2.02. The third kappa shape index (κ3) is 2.15. The molecule has 15 heavy (non-hydrogen) atoms. The Bertz CT molecular complexity index is 433. The van der Waals surface area contributed by atoms with Gasteiger partial charge in [-0.2, -0.15) is 0 Å². The van der Waals surface area contributed by atoms with E-state index < -0.39 is 0 Å². The smallest absolute Gasteiger partial charge is 0.205 e. The molecule has 6 heteroatoms. The van der Waals surface area contributed by atoms with Crippen molar-refractivity contribution < 1.29 is 0 Å². The Hall–Kier alpha value is -1.43. The number of aromatic nitrogens is 4. The molecule has 80 valence electrons. The molecule has 0 saturated carbocycles. The van der Waals surface area contributed by atoms with Gasteiger partial charge in [0.05, 0.1) is 6.54 Å². The van der Waals surface area contributed by atoms with Crippen LogP contribution in [0.15, 0.2) is 12.4 Å². The van der Waals surface area contributed by atoms with Crippen molar-refractivity contribution in [2.45, 2.75) is 19.9 Å². The summed E-state index contributed by atoms with van der Waals surface area (Å²) in [6.07, 6.45) is 4.73. The van der Waals surface area contributed by atoms with Crippen LogP contribution in [-0.2, 0) is 13.0 Å². The fourth-order valence-electron chi connectivity index (χ4n) is 1.36. The monoisotopic (exact) mass is 223 g/mol. The van der Waals surface area contributed by atoms with Gasteiger partial charge < -0.3 is 9.88 Å². The van der Waals surface area contributed by atoms with E-state index in [4.69, 9.17) is 0 Å². The molecule has 0 aliphatic carbocycles. The lowest BCUT2D eigenvalue weighted by molar-refractivity contribution is 0.721. The van der Waals surface area contributed by atoms with Gasteiger partial charge in [-0.1, -0.05) is 18.3 Å². The van der Waals surface area contributed by atoms with Crippen LogP contribution in [0.2, 0.25) is 0 Å². The van der Waals surface area contributed by atoms with Gasteiger partial charge in [0.25, 0.3) is 0 Å². The summed E-state index contributed by atoms with van der Waals surface area (Å²) in [6, 6.07) is 0. The third-order valence-corrected chi connectivity index (χ3v) is 3.03. The summed E-state index contributed by atoms with van der Waals surface area (Å²) >= 11 is 1.57. The van der Waals surface area contributed by atoms with E-state index >= 15 is 0 Å². The summed E-state index contributed by atoms with van der Waals surface area (Å²) in [5.41, 5.74) is 0. The first-order valence-electron chi connectivity index (χ1n) is 4.83. The number of rotatable bonds is 4. The van der Waals surface area contributed by atoms with Crippen LogP contribution in [0.25, 0.3) is 0 Å². The molecule has 0 amide bonds. The van der Waals surface area contributed by atoms with Crippen molar-refractivity contribution in [1.82, 2.24) is 19.7 Å². The van der Waals surface area contributed by atoms with Crippen molar-refractivity contribution in [3.63, 3.8) is 0 Å². The van der Waals surface area contributed by atoms with Gasteiger partial charge in [0.1, 0.15) is 10.8 Å². The lowest BCUT2D eigenvalue weighted by Gasteiger charge is -2.01. The minimum atomic E-state index is 0.753. The van der Waals surface area contributed by atoms with E-state index in [0.29, 0.717) is 0 Å². The highest BCUT2D eigenvalue weighted by atomic mass is 32.1. The zero-order chi connectivity index (χ0) is 10.7. The van der Waals surface area contributed by atoms with Crippen LogP contribution in [0.1, 0.15) is 17.8 Å². The van der Waals surface area contributed by atoms with E-state index in [-0.39, 0.29) is 0 Å². The normalized spacial score (nSPS) is 10.5. The van der Waals surface area contributed by atoms with E-state index in [1.807, 2.05) is 19.4 Å². The molecule has 0 spiro atoms. The maximum absolute atomic E-state index is 4.26. The number of hydrogen-bond donors (Lipinski definition) is 1. The first-order valence-corrected chi connectivity index (χ1v) is 5.65. The maximum atomic E-state index is 4.26. The molecule has 0 aliphatic heterocycles. The van der Waals surface area contributed by atoms with Crippen LogP contribution in [0.5, 0.6) is 0 Å². The highest BCUT2D eigenvalue weighted by molar-refractivity contribution is 7.15. The van der Waals surface area contributed by atoms with Crippen LogP contribution in [0, 0.1) is 0 Å². The molecule has 0 fully saturated rings. The van der Waals surface area contributed by atoms with Gasteiger partial charge in [0.2, 0.25) is 5.13 Å². The van der Waals surface area contributed by atoms with Crippen molar-refractivity contribution in [3.05, 3.63) is 23.2 Å². The summed E-state index contributed by atoms with van der Waals surface area (Å²) in [5, 5.41) is 12.9. The van der Waals surface area contributed by atoms with Crippen molar-refractivity contribution in [2.24, 2.45) is 0 Å². The van der Waals surface area contributed by atoms with E-state index in [0.717, 1.165) is 28.9 Å². The number of hydrogen-bond acceptors (Lipinski definition) is 5. The van der Waals surface area contributed by atoms with Gasteiger partial charge in [0, 0.05) is 25.9 Å². The molecule has 0 unspecified atom stereocenters. The molecule has 0 aromatic carbocycles. The molecule has 0 radical (unpaired) electrons. The minimum absolute atomic E-state index is 0.753. The van der Waals surface area contributed by atoms with Gasteiger partial charge in [-0.25, -0.2) is 4.98 Å². The Morgan fingerprint density at radius 2 is 2.33 bits per heavy atom. The largest absolute Gasteiger partial charge is 0.363 e. The Balaban J connectivity index is 2.14. The quantitative estimate of drug-likeness (QED) is 0.851. The molecule has 2 aromatic rings. The Morgan fingerprint density at radius 3 is 3.00 bits per heavy atom. The fraction of sp³-hybridized carbons (Fsp3) is 0.444. The van der Waals surface area contributed by atoms with Crippen molar-refractivity contribution >= 4 is 16.5 Å². The third-order valence-electron chi connectivity index (χ3n) is 2.10. The van der Waals surface area contributed by atoms with Gasteiger partial charge in [-0.15, -0.1) is 10.2 Å². The summed E-state index contributed by atoms with van der Waals surface area (Å²) in [5.74, 6) is 1.08. The van der Waals surface area contributed by atoms with Gasteiger partial charge in [0.15, 0.2) is 0 Å². The molecule has 0 aliphatic rings. The molecule has 1 N–H and O–H groups in total. The molecule has 5 nitrogen and oxygen atoms in total. The van der Waals surface area contributed by atoms with E-state index in [1.54, 1.807) is 11.3 Å². The summed E-state index contributed by atoms with van der Waals surface area (Å²) < 4.78 is 2.10. The first kappa shape index (κ1) is 10.1. The van der Waals surface area contributed by atoms with Gasteiger partial charge in [-0.05, 0) is 0 Å². The van der Waals surface area contributed by atoms with Crippen LogP contribution >= 0.6 is 11.3 Å². The average Bonchev–Trinajstić information content (AvgIpc) is 2.87. The summed E-state index contributed by atoms with van der Waals surface area (Å²) in [6.45, 7) is 2.85. The topological polar surface area (TPSA) is 55.6 Å². The first-order chi connectivity index (χ1) is 7.33. The summed E-state index contributed by atoms with van der Waals surface area (Å²) in [7, 11) is 1.85. The maximum Gasteiger partial charge on any atom is 0.205 e. The molecule has 2 aromatic heterocycles. The van der Waals surface area contributed by atoms with Crippen molar-refractivity contribution in [2.75, 3.05) is 12.4 Å². The molecule has 0 saturated heterocycles. The van der Waals surface area contributed by atoms with Crippen LogP contribution in [-0.4, -0.2) is 26.8 Å². The number of nitrogens with zero attached hydrogens (tertiary/aromatic N) is 4. The Labute approximate surface area is 92.2 Å². The van der Waals surface area contributed by atoms with Gasteiger partial charge >= 0.3 is 0 Å². The van der Waals surface area contributed by atoms with E-state index in [1.165, 1.54) is 0 Å². The molecular formula is C9H13N5S. The zero-order valence-electron chi connectivity index (χ0n) is 8.77. The molecular weight excluding hydrogens is 210 g/mol. The molecule has 0 atom stereocenters. The zero-order valence-corrected chi connectivity index (χ0v) is 9.58. The van der Waals surface area contributed by atoms with Crippen molar-refractivity contribution in [1.29, 1.82) is 0 Å². The SMILES string of the molecule is CCc1nccn1Cc1nnc(NC)s1. The highest BCUT2D eigenvalue weighted by Crippen LogP contribution is 2.15. The van der Waals surface area contributed by atoms with Crippen LogP contribution in [0.4, 0.5) is 5.13 Å². The predicted molar refractivity (Wildman–Crippen MR) is 60.2 cm³/mol. The second-order valence-corrected chi connectivity index (χ2v) is 4.14. The van der Waals surface area contributed by atoms with Crippen LogP contribution < -0.4 is 5.32 Å². The Morgan fingerprint density at radius 1 is 1.47 bits per heavy atom. The Kier molecular flexibility index (Phi) is 2.96. The highest BCUT2D eigenvalue weighted by Gasteiger charge is 2.05. The standard InChI is InChI=1S/C9H13N5S/c1-3-7-11-4-5-14(7)6-8-12-13-9(10-2)15-8/h4-5H,3,6H2,1-2H3,(H,10,13). The molecule has 2 rings (SSSR count). The average molecular weight is 223 g/mol. The second-order valence-electron chi connectivity index (χ2n) is 3.08. The number of anilines is 1.